The number of ether oxygens (including phenoxy) is 3. The lowest BCUT2D eigenvalue weighted by atomic mass is 10.1. The van der Waals surface area contributed by atoms with Crippen molar-refractivity contribution in [2.75, 3.05) is 4.90 Å². The second-order valence-corrected chi connectivity index (χ2v) is 10.1. The summed E-state index contributed by atoms with van der Waals surface area (Å²) in [4.78, 5) is 34.9. The minimum absolute atomic E-state index is 0.0216. The van der Waals surface area contributed by atoms with E-state index in [2.05, 4.69) is 24.5 Å². The van der Waals surface area contributed by atoms with Gasteiger partial charge in [-0.1, -0.05) is 0 Å². The highest BCUT2D eigenvalue weighted by atomic mass is 19.4. The summed E-state index contributed by atoms with van der Waals surface area (Å²) < 4.78 is 83.7. The zero-order valence-corrected chi connectivity index (χ0v) is 22.0. The van der Waals surface area contributed by atoms with Crippen LogP contribution in [0.5, 0.6) is 17.2 Å². The van der Waals surface area contributed by atoms with E-state index in [4.69, 9.17) is 4.74 Å². The van der Waals surface area contributed by atoms with Crippen molar-refractivity contribution in [1.82, 2.24) is 19.7 Å². The molecule has 0 radical (unpaired) electrons. The molecule has 4 aromatic rings. The van der Waals surface area contributed by atoms with E-state index >= 15 is 0 Å². The SMILES string of the molecule is CC(C)Oc1cc(-c2nn(CC(=O)N(c3ccc4c(c3)OC(F)(F)O4)C3CC3)c(=O)c3nc[nH]c23)cc(C(F)(F)F)c1. The number of fused-ring (bicyclic) bond motifs is 2. The van der Waals surface area contributed by atoms with E-state index in [1.165, 1.54) is 35.5 Å². The fraction of sp³-hybridized carbons (Fsp3) is 0.333. The summed E-state index contributed by atoms with van der Waals surface area (Å²) in [7, 11) is 0. The molecule has 1 N–H and O–H groups in total. The van der Waals surface area contributed by atoms with Crippen LogP contribution in [0.1, 0.15) is 32.3 Å². The molecule has 3 heterocycles. The number of alkyl halides is 5. The highest BCUT2D eigenvalue weighted by molar-refractivity contribution is 5.95. The molecular formula is C27H22F5N5O5. The van der Waals surface area contributed by atoms with Crippen LogP contribution >= 0.6 is 0 Å². The standard InChI is InChI=1S/C27H22F5N5O5/c1-13(2)40-18-8-14(7-15(9-18)26(28,29)30)22-23-24(34-12-33-23)25(39)36(35-22)11-21(38)37(16-3-4-16)17-5-6-19-20(10-17)42-27(31,32)41-19/h5-10,12-13,16H,3-4,11H2,1-2H3,(H,33,34). The molecular weight excluding hydrogens is 569 g/mol. The summed E-state index contributed by atoms with van der Waals surface area (Å²) in [5, 5.41) is 4.28. The zero-order chi connectivity index (χ0) is 30.0. The minimum Gasteiger partial charge on any atom is -0.491 e. The molecule has 1 aliphatic carbocycles. The normalized spacial score (nSPS) is 15.8. The lowest BCUT2D eigenvalue weighted by Crippen LogP contribution is -2.39. The number of hydrogen-bond acceptors (Lipinski definition) is 7. The number of benzene rings is 2. The first-order chi connectivity index (χ1) is 19.8. The van der Waals surface area contributed by atoms with Gasteiger partial charge in [0.1, 0.15) is 18.0 Å². The van der Waals surface area contributed by atoms with Crippen molar-refractivity contribution in [3.05, 3.63) is 58.6 Å². The number of carbonyl (C=O) groups excluding carboxylic acids is 1. The fourth-order valence-electron chi connectivity index (χ4n) is 4.71. The van der Waals surface area contributed by atoms with Gasteiger partial charge in [-0.2, -0.15) is 18.3 Å². The van der Waals surface area contributed by atoms with Crippen LogP contribution in [0.2, 0.25) is 0 Å². The Morgan fingerprint density at radius 1 is 1.17 bits per heavy atom. The molecule has 1 aliphatic heterocycles. The molecule has 0 saturated heterocycles. The molecule has 10 nitrogen and oxygen atoms in total. The summed E-state index contributed by atoms with van der Waals surface area (Å²) >= 11 is 0. The van der Waals surface area contributed by atoms with Crippen molar-refractivity contribution in [3.8, 4) is 28.5 Å². The predicted molar refractivity (Wildman–Crippen MR) is 138 cm³/mol. The van der Waals surface area contributed by atoms with Gasteiger partial charge >= 0.3 is 12.5 Å². The largest absolute Gasteiger partial charge is 0.586 e. The number of hydrogen-bond donors (Lipinski definition) is 1. The first kappa shape index (κ1) is 27.5. The van der Waals surface area contributed by atoms with Crippen molar-refractivity contribution < 1.29 is 41.0 Å². The molecule has 220 valence electrons. The quantitative estimate of drug-likeness (QED) is 0.298. The van der Waals surface area contributed by atoms with Gasteiger partial charge in [-0.05, 0) is 57.0 Å². The number of carbonyl (C=O) groups is 1. The van der Waals surface area contributed by atoms with Crippen LogP contribution in [-0.2, 0) is 17.5 Å². The maximum Gasteiger partial charge on any atom is 0.586 e. The summed E-state index contributed by atoms with van der Waals surface area (Å²) in [6, 6.07) is 6.72. The number of nitrogens with one attached hydrogen (secondary N) is 1. The van der Waals surface area contributed by atoms with Crippen molar-refractivity contribution in [2.45, 2.75) is 57.9 Å². The molecule has 0 atom stereocenters. The first-order valence-corrected chi connectivity index (χ1v) is 12.8. The Bertz CT molecular complexity index is 1760. The highest BCUT2D eigenvalue weighted by Crippen LogP contribution is 2.44. The Hall–Kier alpha value is -4.69. The molecule has 0 spiro atoms. The minimum atomic E-state index is -4.71. The third kappa shape index (κ3) is 5.21. The monoisotopic (exact) mass is 591 g/mol. The molecule has 1 fully saturated rings. The second kappa shape index (κ2) is 9.70. The molecule has 2 aromatic heterocycles. The van der Waals surface area contributed by atoms with E-state index in [0.29, 0.717) is 12.8 Å². The van der Waals surface area contributed by atoms with E-state index in [1.807, 2.05) is 0 Å². The number of aromatic amines is 1. The maximum atomic E-state index is 13.8. The molecule has 6 rings (SSSR count). The lowest BCUT2D eigenvalue weighted by molar-refractivity contribution is -0.286. The Kier molecular flexibility index (Phi) is 6.35. The Morgan fingerprint density at radius 2 is 1.90 bits per heavy atom. The number of halogens is 5. The predicted octanol–water partition coefficient (Wildman–Crippen LogP) is 5.11. The third-order valence-electron chi connectivity index (χ3n) is 6.54. The molecule has 2 aliphatic rings. The van der Waals surface area contributed by atoms with Crippen molar-refractivity contribution >= 4 is 22.6 Å². The van der Waals surface area contributed by atoms with Crippen LogP contribution < -0.4 is 24.7 Å². The van der Waals surface area contributed by atoms with Crippen LogP contribution in [0.15, 0.2) is 47.5 Å². The Balaban J connectivity index is 1.40. The average Bonchev–Trinajstić information content (AvgIpc) is 3.49. The van der Waals surface area contributed by atoms with Crippen LogP contribution in [0, 0.1) is 0 Å². The van der Waals surface area contributed by atoms with E-state index in [0.717, 1.165) is 16.8 Å². The fourth-order valence-corrected chi connectivity index (χ4v) is 4.71. The van der Waals surface area contributed by atoms with Gasteiger partial charge in [-0.25, -0.2) is 9.67 Å². The number of anilines is 1. The summed E-state index contributed by atoms with van der Waals surface area (Å²) in [5.41, 5.74) is -1.65. The van der Waals surface area contributed by atoms with E-state index in [-0.39, 0.29) is 51.3 Å². The van der Waals surface area contributed by atoms with Crippen LogP contribution in [-0.4, -0.2) is 44.1 Å². The smallest absolute Gasteiger partial charge is 0.491 e. The first-order valence-electron chi connectivity index (χ1n) is 12.8. The lowest BCUT2D eigenvalue weighted by Gasteiger charge is -2.23. The van der Waals surface area contributed by atoms with E-state index in [9.17, 15) is 31.5 Å². The number of amides is 1. The van der Waals surface area contributed by atoms with Gasteiger partial charge in [0.15, 0.2) is 17.0 Å². The van der Waals surface area contributed by atoms with Gasteiger partial charge in [-0.3, -0.25) is 9.59 Å². The van der Waals surface area contributed by atoms with Gasteiger partial charge < -0.3 is 24.1 Å². The molecule has 15 heteroatoms. The molecule has 1 amide bonds. The Morgan fingerprint density at radius 3 is 2.60 bits per heavy atom. The average molecular weight is 591 g/mol. The summed E-state index contributed by atoms with van der Waals surface area (Å²) in [6.45, 7) is 2.72. The number of H-pyrrole nitrogens is 1. The van der Waals surface area contributed by atoms with E-state index in [1.54, 1.807) is 13.8 Å². The van der Waals surface area contributed by atoms with Crippen molar-refractivity contribution in [2.24, 2.45) is 0 Å². The second-order valence-electron chi connectivity index (χ2n) is 10.1. The summed E-state index contributed by atoms with van der Waals surface area (Å²) in [6.07, 6.45) is -6.52. The molecule has 2 aromatic carbocycles. The highest BCUT2D eigenvalue weighted by Gasteiger charge is 2.44. The molecule has 0 unspecified atom stereocenters. The van der Waals surface area contributed by atoms with E-state index < -0.39 is 42.1 Å². The third-order valence-corrected chi connectivity index (χ3v) is 6.54. The number of rotatable bonds is 7. The maximum absolute atomic E-state index is 13.8. The number of nitrogens with zero attached hydrogens (tertiary/aromatic N) is 4. The zero-order valence-electron chi connectivity index (χ0n) is 22.0. The van der Waals surface area contributed by atoms with Gasteiger partial charge in [0.05, 0.1) is 23.5 Å². The number of aromatic nitrogens is 4. The van der Waals surface area contributed by atoms with Gasteiger partial charge in [0.25, 0.3) is 5.56 Å². The summed E-state index contributed by atoms with van der Waals surface area (Å²) in [5.74, 6) is -1.12. The van der Waals surface area contributed by atoms with Crippen molar-refractivity contribution in [1.29, 1.82) is 0 Å². The van der Waals surface area contributed by atoms with Crippen LogP contribution in [0.3, 0.4) is 0 Å². The Labute approximate surface area is 233 Å². The van der Waals surface area contributed by atoms with Crippen LogP contribution in [0.4, 0.5) is 27.6 Å². The molecule has 1 saturated carbocycles. The van der Waals surface area contributed by atoms with Gasteiger partial charge in [0.2, 0.25) is 5.91 Å². The van der Waals surface area contributed by atoms with Gasteiger partial charge in [0, 0.05) is 23.4 Å². The van der Waals surface area contributed by atoms with Gasteiger partial charge in [-0.15, -0.1) is 8.78 Å². The number of imidazole rings is 1. The topological polar surface area (TPSA) is 112 Å². The molecule has 0 bridgehead atoms. The van der Waals surface area contributed by atoms with Crippen molar-refractivity contribution in [3.63, 3.8) is 0 Å². The van der Waals surface area contributed by atoms with Crippen LogP contribution in [0.25, 0.3) is 22.3 Å². The molecule has 42 heavy (non-hydrogen) atoms.